The van der Waals surface area contributed by atoms with E-state index in [1.165, 1.54) is 4.90 Å². The van der Waals surface area contributed by atoms with Gasteiger partial charge in [-0.25, -0.2) is 0 Å². The van der Waals surface area contributed by atoms with Gasteiger partial charge >= 0.3 is 0 Å². The zero-order valence-corrected chi connectivity index (χ0v) is 10.7. The summed E-state index contributed by atoms with van der Waals surface area (Å²) in [6.45, 7) is 7.28. The fraction of sp³-hybridized carbons (Fsp3) is 0.800. The molecule has 0 fully saturated rings. The van der Waals surface area contributed by atoms with Crippen LogP contribution in [0.2, 0.25) is 0 Å². The Balaban J connectivity index is 4.14. The molecule has 0 rings (SSSR count). The molecule has 2 amide bonds. The molecule has 88 valence electrons. The highest BCUT2D eigenvalue weighted by molar-refractivity contribution is 6.30. The Morgan fingerprint density at radius 1 is 1.40 bits per heavy atom. The van der Waals surface area contributed by atoms with Gasteiger partial charge in [0.25, 0.3) is 0 Å². The molecule has 15 heavy (non-hydrogen) atoms. The minimum atomic E-state index is -0.600. The van der Waals surface area contributed by atoms with Crippen molar-refractivity contribution in [1.82, 2.24) is 10.2 Å². The van der Waals surface area contributed by atoms with E-state index in [4.69, 9.17) is 11.6 Å². The molecule has 0 bridgehead atoms. The van der Waals surface area contributed by atoms with Crippen molar-refractivity contribution in [3.05, 3.63) is 0 Å². The Bertz CT molecular complexity index is 246. The number of likely N-dealkylation sites (N-methyl/N-ethyl adjacent to an activating group) is 1. The van der Waals surface area contributed by atoms with Gasteiger partial charge in [-0.05, 0) is 27.7 Å². The number of carbonyl (C=O) groups excluding carboxylic acids is 2. The van der Waals surface area contributed by atoms with Gasteiger partial charge in [0.2, 0.25) is 11.8 Å². The van der Waals surface area contributed by atoms with Crippen molar-refractivity contribution < 1.29 is 9.59 Å². The number of carbonyl (C=O) groups is 2. The maximum absolute atomic E-state index is 11.4. The summed E-state index contributed by atoms with van der Waals surface area (Å²) in [6.07, 6.45) is 0. The Morgan fingerprint density at radius 2 is 1.87 bits per heavy atom. The average molecular weight is 235 g/mol. The van der Waals surface area contributed by atoms with E-state index < -0.39 is 5.38 Å². The van der Waals surface area contributed by atoms with Crippen LogP contribution in [-0.2, 0) is 9.59 Å². The molecule has 0 unspecified atom stereocenters. The van der Waals surface area contributed by atoms with Crippen molar-refractivity contribution in [1.29, 1.82) is 0 Å². The number of alkyl halides is 1. The highest BCUT2D eigenvalue weighted by atomic mass is 35.5. The van der Waals surface area contributed by atoms with Crippen LogP contribution in [0.1, 0.15) is 27.7 Å². The van der Waals surface area contributed by atoms with Crippen LogP contribution in [-0.4, -0.2) is 41.2 Å². The largest absolute Gasteiger partial charge is 0.350 e. The second kappa shape index (κ2) is 5.35. The van der Waals surface area contributed by atoms with E-state index in [1.54, 1.807) is 14.0 Å². The maximum atomic E-state index is 11.4. The second-order valence-electron chi connectivity index (χ2n) is 4.61. The topological polar surface area (TPSA) is 49.4 Å². The van der Waals surface area contributed by atoms with Crippen LogP contribution < -0.4 is 5.32 Å². The molecule has 0 saturated heterocycles. The maximum Gasteiger partial charge on any atom is 0.240 e. The van der Waals surface area contributed by atoms with Crippen molar-refractivity contribution in [3.8, 4) is 0 Å². The molecule has 5 heteroatoms. The van der Waals surface area contributed by atoms with Gasteiger partial charge in [-0.3, -0.25) is 9.59 Å². The summed E-state index contributed by atoms with van der Waals surface area (Å²) in [6, 6.07) is 0. The second-order valence-corrected chi connectivity index (χ2v) is 5.26. The van der Waals surface area contributed by atoms with Crippen LogP contribution in [0, 0.1) is 0 Å². The summed E-state index contributed by atoms with van der Waals surface area (Å²) in [5, 5.41) is 2.17. The number of nitrogens with zero attached hydrogens (tertiary/aromatic N) is 1. The summed E-state index contributed by atoms with van der Waals surface area (Å²) in [4.78, 5) is 24.1. The summed E-state index contributed by atoms with van der Waals surface area (Å²) in [5.41, 5.74) is -0.284. The summed E-state index contributed by atoms with van der Waals surface area (Å²) in [7, 11) is 1.56. The number of amides is 2. The number of halogens is 1. The molecular weight excluding hydrogens is 216 g/mol. The predicted octanol–water partition coefficient (Wildman–Crippen LogP) is 0.987. The highest BCUT2D eigenvalue weighted by Crippen LogP contribution is 2.01. The molecule has 4 nitrogen and oxygen atoms in total. The van der Waals surface area contributed by atoms with Gasteiger partial charge < -0.3 is 10.2 Å². The lowest BCUT2D eigenvalue weighted by molar-refractivity contribution is -0.134. The van der Waals surface area contributed by atoms with Gasteiger partial charge in [0, 0.05) is 12.6 Å². The van der Waals surface area contributed by atoms with Crippen LogP contribution in [0.5, 0.6) is 0 Å². The standard InChI is InChI=1S/C10H19ClN2O2/c1-7(11)9(15)13(5)6-8(14)12-10(2,3)4/h7H,6H2,1-5H3,(H,12,14)/t7-/m1/s1. The molecule has 0 radical (unpaired) electrons. The van der Waals surface area contributed by atoms with Gasteiger partial charge in [0.15, 0.2) is 0 Å². The van der Waals surface area contributed by atoms with Gasteiger partial charge in [-0.15, -0.1) is 11.6 Å². The molecule has 0 aromatic carbocycles. The Hall–Kier alpha value is -0.770. The summed E-state index contributed by atoms with van der Waals surface area (Å²) in [5.74, 6) is -0.434. The lowest BCUT2D eigenvalue weighted by Crippen LogP contribution is -2.47. The number of rotatable bonds is 3. The van der Waals surface area contributed by atoms with E-state index in [-0.39, 0.29) is 23.9 Å². The molecule has 1 N–H and O–H groups in total. The number of hydrogen-bond donors (Lipinski definition) is 1. The van der Waals surface area contributed by atoms with Gasteiger partial charge in [0.05, 0.1) is 6.54 Å². The molecule has 0 aromatic rings. The van der Waals surface area contributed by atoms with E-state index in [2.05, 4.69) is 5.32 Å². The summed E-state index contributed by atoms with van der Waals surface area (Å²) < 4.78 is 0. The quantitative estimate of drug-likeness (QED) is 0.741. The Morgan fingerprint density at radius 3 is 2.20 bits per heavy atom. The fourth-order valence-corrected chi connectivity index (χ4v) is 1.22. The fourth-order valence-electron chi connectivity index (χ4n) is 1.05. The van der Waals surface area contributed by atoms with E-state index in [0.29, 0.717) is 0 Å². The van der Waals surface area contributed by atoms with Crippen molar-refractivity contribution in [2.24, 2.45) is 0 Å². The first kappa shape index (κ1) is 14.2. The first-order valence-corrected chi connectivity index (χ1v) is 5.27. The zero-order valence-electron chi connectivity index (χ0n) is 9.93. The smallest absolute Gasteiger partial charge is 0.240 e. The van der Waals surface area contributed by atoms with E-state index in [1.807, 2.05) is 20.8 Å². The average Bonchev–Trinajstić information content (AvgIpc) is 1.98. The van der Waals surface area contributed by atoms with Crippen LogP contribution in [0.15, 0.2) is 0 Å². The predicted molar refractivity (Wildman–Crippen MR) is 60.8 cm³/mol. The van der Waals surface area contributed by atoms with Crippen molar-refractivity contribution in [2.45, 2.75) is 38.6 Å². The van der Waals surface area contributed by atoms with Crippen LogP contribution in [0.25, 0.3) is 0 Å². The lowest BCUT2D eigenvalue weighted by atomic mass is 10.1. The van der Waals surface area contributed by atoms with Gasteiger partial charge in [0.1, 0.15) is 5.38 Å². The first-order chi connectivity index (χ1) is 6.63. The molecule has 1 atom stereocenters. The molecule has 0 spiro atoms. The lowest BCUT2D eigenvalue weighted by Gasteiger charge is -2.23. The van der Waals surface area contributed by atoms with Crippen molar-refractivity contribution in [2.75, 3.05) is 13.6 Å². The van der Waals surface area contributed by atoms with Crippen LogP contribution >= 0.6 is 11.6 Å². The van der Waals surface area contributed by atoms with Crippen molar-refractivity contribution >= 4 is 23.4 Å². The Kier molecular flexibility index (Phi) is 5.08. The minimum Gasteiger partial charge on any atom is -0.350 e. The molecular formula is C10H19ClN2O2. The SMILES string of the molecule is C[C@@H](Cl)C(=O)N(C)CC(=O)NC(C)(C)C. The third-order valence-corrected chi connectivity index (χ3v) is 1.80. The van der Waals surface area contributed by atoms with Gasteiger partial charge in [-0.1, -0.05) is 0 Å². The van der Waals surface area contributed by atoms with Crippen LogP contribution in [0.4, 0.5) is 0 Å². The third kappa shape index (κ3) is 6.33. The molecule has 0 aliphatic rings. The monoisotopic (exact) mass is 234 g/mol. The number of hydrogen-bond acceptors (Lipinski definition) is 2. The molecule has 0 aromatic heterocycles. The van der Waals surface area contributed by atoms with Gasteiger partial charge in [-0.2, -0.15) is 0 Å². The number of nitrogens with one attached hydrogen (secondary N) is 1. The van der Waals surface area contributed by atoms with Crippen molar-refractivity contribution in [3.63, 3.8) is 0 Å². The normalized spacial score (nSPS) is 13.2. The van der Waals surface area contributed by atoms with E-state index in [0.717, 1.165) is 0 Å². The molecule has 0 aliphatic carbocycles. The Labute approximate surface area is 96.0 Å². The minimum absolute atomic E-state index is 0.0349. The first-order valence-electron chi connectivity index (χ1n) is 4.83. The van der Waals surface area contributed by atoms with E-state index >= 15 is 0 Å². The summed E-state index contributed by atoms with van der Waals surface area (Å²) >= 11 is 5.62. The highest BCUT2D eigenvalue weighted by Gasteiger charge is 2.19. The van der Waals surface area contributed by atoms with Crippen LogP contribution in [0.3, 0.4) is 0 Å². The molecule has 0 aliphatic heterocycles. The molecule has 0 heterocycles. The molecule has 0 saturated carbocycles. The van der Waals surface area contributed by atoms with E-state index in [9.17, 15) is 9.59 Å². The zero-order chi connectivity index (χ0) is 12.2. The third-order valence-electron chi connectivity index (χ3n) is 1.61.